The molecular formula is C16H28N2O2. The molecule has 1 heterocycles. The van der Waals surface area contributed by atoms with Gasteiger partial charge in [-0.3, -0.25) is 0 Å². The Labute approximate surface area is 122 Å². The van der Waals surface area contributed by atoms with Gasteiger partial charge in [0.15, 0.2) is 0 Å². The molecule has 0 spiro atoms. The summed E-state index contributed by atoms with van der Waals surface area (Å²) < 4.78 is 5.24. The number of pyridine rings is 1. The summed E-state index contributed by atoms with van der Waals surface area (Å²) in [5.41, 5.74) is 1.87. The van der Waals surface area contributed by atoms with Crippen molar-refractivity contribution in [2.75, 3.05) is 25.2 Å². The van der Waals surface area contributed by atoms with E-state index in [1.807, 2.05) is 12.1 Å². The van der Waals surface area contributed by atoms with Crippen LogP contribution in [0.1, 0.15) is 45.9 Å². The molecule has 114 valence electrons. The van der Waals surface area contributed by atoms with Gasteiger partial charge < -0.3 is 14.7 Å². The van der Waals surface area contributed by atoms with Gasteiger partial charge in [0.05, 0.1) is 19.3 Å². The van der Waals surface area contributed by atoms with Gasteiger partial charge in [-0.05, 0) is 31.5 Å². The van der Waals surface area contributed by atoms with Gasteiger partial charge in [0, 0.05) is 24.8 Å². The van der Waals surface area contributed by atoms with Gasteiger partial charge >= 0.3 is 0 Å². The number of hydrogen-bond donors (Lipinski definition) is 1. The third-order valence-corrected chi connectivity index (χ3v) is 3.40. The van der Waals surface area contributed by atoms with E-state index in [-0.39, 0.29) is 18.1 Å². The summed E-state index contributed by atoms with van der Waals surface area (Å²) in [5, 5.41) is 9.48. The number of aliphatic hydroxyl groups excluding tert-OH is 1. The highest BCUT2D eigenvalue weighted by molar-refractivity contribution is 5.44. The first-order valence-electron chi connectivity index (χ1n) is 7.21. The summed E-state index contributed by atoms with van der Waals surface area (Å²) in [4.78, 5) is 6.99. The van der Waals surface area contributed by atoms with Crippen molar-refractivity contribution < 1.29 is 9.84 Å². The Morgan fingerprint density at radius 1 is 1.35 bits per heavy atom. The summed E-state index contributed by atoms with van der Waals surface area (Å²) in [6.45, 7) is 12.2. The highest BCUT2D eigenvalue weighted by atomic mass is 16.5. The Morgan fingerprint density at radius 2 is 2.00 bits per heavy atom. The highest BCUT2D eigenvalue weighted by Gasteiger charge is 2.20. The third-order valence-electron chi connectivity index (χ3n) is 3.40. The Bertz CT molecular complexity index is 427. The van der Waals surface area contributed by atoms with E-state index >= 15 is 0 Å². The lowest BCUT2D eigenvalue weighted by molar-refractivity contribution is 0.181. The SMILES string of the molecule is CCN(c1cc(CO)cc(C(C)(C)C)n1)C(C)COC. The van der Waals surface area contributed by atoms with Crippen molar-refractivity contribution in [1.82, 2.24) is 4.98 Å². The molecule has 0 aliphatic carbocycles. The predicted molar refractivity (Wildman–Crippen MR) is 83.2 cm³/mol. The molecule has 1 aromatic rings. The number of anilines is 1. The molecule has 4 heteroatoms. The van der Waals surface area contributed by atoms with Crippen LogP contribution in [0.4, 0.5) is 5.82 Å². The number of ether oxygens (including phenoxy) is 1. The van der Waals surface area contributed by atoms with E-state index in [0.29, 0.717) is 6.61 Å². The lowest BCUT2D eigenvalue weighted by Gasteiger charge is -2.30. The molecule has 0 aromatic carbocycles. The van der Waals surface area contributed by atoms with Crippen molar-refractivity contribution in [2.24, 2.45) is 0 Å². The molecule has 1 rings (SSSR count). The maximum Gasteiger partial charge on any atom is 0.129 e. The fourth-order valence-electron chi connectivity index (χ4n) is 2.22. The first kappa shape index (κ1) is 16.9. The number of nitrogens with zero attached hydrogens (tertiary/aromatic N) is 2. The minimum atomic E-state index is -0.0379. The molecule has 1 unspecified atom stereocenters. The molecule has 0 saturated heterocycles. The zero-order valence-corrected chi connectivity index (χ0v) is 13.6. The molecule has 1 aromatic heterocycles. The standard InChI is InChI=1S/C16H28N2O2/c1-7-18(12(2)11-20-6)15-9-13(10-19)8-14(17-15)16(3,4)5/h8-9,12,19H,7,10-11H2,1-6H3. The van der Waals surface area contributed by atoms with Crippen LogP contribution in [0.3, 0.4) is 0 Å². The number of rotatable bonds is 6. The lowest BCUT2D eigenvalue weighted by atomic mass is 9.90. The summed E-state index contributed by atoms with van der Waals surface area (Å²) in [6.07, 6.45) is 0. The smallest absolute Gasteiger partial charge is 0.129 e. The summed E-state index contributed by atoms with van der Waals surface area (Å²) in [6, 6.07) is 4.20. The van der Waals surface area contributed by atoms with Crippen molar-refractivity contribution in [1.29, 1.82) is 0 Å². The Morgan fingerprint density at radius 3 is 2.45 bits per heavy atom. The van der Waals surface area contributed by atoms with E-state index in [2.05, 4.69) is 39.5 Å². The van der Waals surface area contributed by atoms with Gasteiger partial charge in [0.1, 0.15) is 5.82 Å². The zero-order valence-electron chi connectivity index (χ0n) is 13.6. The second-order valence-electron chi connectivity index (χ2n) is 6.22. The fourth-order valence-corrected chi connectivity index (χ4v) is 2.22. The maximum atomic E-state index is 9.48. The third kappa shape index (κ3) is 4.18. The van der Waals surface area contributed by atoms with E-state index in [0.717, 1.165) is 23.6 Å². The average Bonchev–Trinajstić information content (AvgIpc) is 2.38. The second-order valence-corrected chi connectivity index (χ2v) is 6.22. The first-order valence-corrected chi connectivity index (χ1v) is 7.21. The normalized spacial score (nSPS) is 13.3. The monoisotopic (exact) mass is 280 g/mol. The van der Waals surface area contributed by atoms with Gasteiger partial charge in [-0.2, -0.15) is 0 Å². The van der Waals surface area contributed by atoms with E-state index < -0.39 is 0 Å². The Balaban J connectivity index is 3.21. The van der Waals surface area contributed by atoms with E-state index in [1.54, 1.807) is 7.11 Å². The van der Waals surface area contributed by atoms with Crippen molar-refractivity contribution in [2.45, 2.75) is 52.7 Å². The van der Waals surface area contributed by atoms with Crippen LogP contribution >= 0.6 is 0 Å². The highest BCUT2D eigenvalue weighted by Crippen LogP contribution is 2.25. The van der Waals surface area contributed by atoms with E-state index in [1.165, 1.54) is 0 Å². The van der Waals surface area contributed by atoms with Crippen molar-refractivity contribution in [3.63, 3.8) is 0 Å². The maximum absolute atomic E-state index is 9.48. The topological polar surface area (TPSA) is 45.6 Å². The molecule has 0 amide bonds. The van der Waals surface area contributed by atoms with Gasteiger partial charge in [-0.15, -0.1) is 0 Å². The van der Waals surface area contributed by atoms with Gasteiger partial charge in [-0.25, -0.2) is 4.98 Å². The van der Waals surface area contributed by atoms with Crippen LogP contribution in [0.5, 0.6) is 0 Å². The largest absolute Gasteiger partial charge is 0.392 e. The molecule has 20 heavy (non-hydrogen) atoms. The van der Waals surface area contributed by atoms with Crippen molar-refractivity contribution in [3.8, 4) is 0 Å². The minimum absolute atomic E-state index is 0.0365. The molecule has 1 N–H and O–H groups in total. The van der Waals surface area contributed by atoms with E-state index in [4.69, 9.17) is 9.72 Å². The molecule has 0 saturated carbocycles. The molecular weight excluding hydrogens is 252 g/mol. The average molecular weight is 280 g/mol. The summed E-state index contributed by atoms with van der Waals surface area (Å²) in [5.74, 6) is 0.911. The van der Waals surface area contributed by atoms with Crippen molar-refractivity contribution >= 4 is 5.82 Å². The van der Waals surface area contributed by atoms with Crippen LogP contribution < -0.4 is 4.90 Å². The molecule has 0 bridgehead atoms. The van der Waals surface area contributed by atoms with Crippen LogP contribution in [0.25, 0.3) is 0 Å². The number of aliphatic hydroxyl groups is 1. The molecule has 0 aliphatic heterocycles. The van der Waals surface area contributed by atoms with Gasteiger partial charge in [-0.1, -0.05) is 20.8 Å². The minimum Gasteiger partial charge on any atom is -0.392 e. The Hall–Kier alpha value is -1.13. The number of hydrogen-bond acceptors (Lipinski definition) is 4. The van der Waals surface area contributed by atoms with Crippen LogP contribution in [0, 0.1) is 0 Å². The van der Waals surface area contributed by atoms with Gasteiger partial charge in [0.2, 0.25) is 0 Å². The van der Waals surface area contributed by atoms with Crippen LogP contribution in [-0.2, 0) is 16.8 Å². The number of aromatic nitrogens is 1. The van der Waals surface area contributed by atoms with Crippen molar-refractivity contribution in [3.05, 3.63) is 23.4 Å². The fraction of sp³-hybridized carbons (Fsp3) is 0.688. The first-order chi connectivity index (χ1) is 9.33. The molecule has 0 fully saturated rings. The van der Waals surface area contributed by atoms with E-state index in [9.17, 15) is 5.11 Å². The predicted octanol–water partition coefficient (Wildman–Crippen LogP) is 2.73. The van der Waals surface area contributed by atoms with Gasteiger partial charge in [0.25, 0.3) is 0 Å². The molecule has 0 radical (unpaired) electrons. The molecule has 4 nitrogen and oxygen atoms in total. The quantitative estimate of drug-likeness (QED) is 0.870. The molecule has 0 aliphatic rings. The second kappa shape index (κ2) is 7.04. The molecule has 1 atom stereocenters. The number of methoxy groups -OCH3 is 1. The summed E-state index contributed by atoms with van der Waals surface area (Å²) >= 11 is 0. The van der Waals surface area contributed by atoms with Crippen LogP contribution in [0.2, 0.25) is 0 Å². The lowest BCUT2D eigenvalue weighted by Crippen LogP contribution is -2.37. The Kier molecular flexibility index (Phi) is 5.96. The number of likely N-dealkylation sites (N-methyl/N-ethyl adjacent to an activating group) is 1. The van der Waals surface area contributed by atoms with Crippen LogP contribution in [0.15, 0.2) is 12.1 Å². The summed E-state index contributed by atoms with van der Waals surface area (Å²) in [7, 11) is 1.71. The zero-order chi connectivity index (χ0) is 15.3. The van der Waals surface area contributed by atoms with Crippen LogP contribution in [-0.4, -0.2) is 36.4 Å².